The summed E-state index contributed by atoms with van der Waals surface area (Å²) in [6, 6.07) is -2.64. The first-order valence-corrected chi connectivity index (χ1v) is 9.27. The molecule has 4 atom stereocenters. The molecule has 0 radical (unpaired) electrons. The van der Waals surface area contributed by atoms with Crippen molar-refractivity contribution in [1.82, 2.24) is 21.3 Å². The zero-order chi connectivity index (χ0) is 21.3. The molecule has 0 bridgehead atoms. The highest BCUT2D eigenvalue weighted by Gasteiger charge is 2.30. The second-order valence-corrected chi connectivity index (χ2v) is 6.87. The molecule has 11 heteroatoms. The van der Waals surface area contributed by atoms with Gasteiger partial charge in [0.25, 0.3) is 0 Å². The summed E-state index contributed by atoms with van der Waals surface area (Å²) < 4.78 is 0. The first-order valence-electron chi connectivity index (χ1n) is 9.27. The number of hydrogen-bond donors (Lipinski definition) is 6. The van der Waals surface area contributed by atoms with Crippen molar-refractivity contribution >= 4 is 29.6 Å². The van der Waals surface area contributed by atoms with Gasteiger partial charge in [-0.2, -0.15) is 0 Å². The Balaban J connectivity index is 2.61. The quantitative estimate of drug-likeness (QED) is 0.229. The minimum absolute atomic E-state index is 0.171. The number of nitrogens with one attached hydrogen (secondary N) is 4. The van der Waals surface area contributed by atoms with E-state index in [0.717, 1.165) is 13.0 Å². The number of hydrogen-bond acceptors (Lipinski definition) is 6. The molecule has 0 aromatic heterocycles. The number of nitrogens with two attached hydrogens (primary N) is 1. The average molecular weight is 399 g/mol. The summed E-state index contributed by atoms with van der Waals surface area (Å²) >= 11 is 0. The molecule has 0 spiro atoms. The lowest BCUT2D eigenvalue weighted by molar-refractivity contribution is -0.143. The van der Waals surface area contributed by atoms with Gasteiger partial charge in [-0.05, 0) is 25.3 Å². The Morgan fingerprint density at radius 2 is 1.89 bits per heavy atom. The van der Waals surface area contributed by atoms with Crippen LogP contribution in [0.5, 0.6) is 0 Å². The summed E-state index contributed by atoms with van der Waals surface area (Å²) in [5.41, 5.74) is 4.95. The third-order valence-electron chi connectivity index (χ3n) is 4.63. The fraction of sp³-hybridized carbons (Fsp3) is 0.706. The van der Waals surface area contributed by atoms with Crippen LogP contribution in [0.15, 0.2) is 0 Å². The topological polar surface area (TPSA) is 180 Å². The van der Waals surface area contributed by atoms with Crippen molar-refractivity contribution in [3.05, 3.63) is 0 Å². The molecule has 0 aromatic carbocycles. The SMILES string of the molecule is CCC(C)C(NC(=O)C1CCCN1)C(=O)NCC(=O)NC(CC(N)=O)C(=O)O. The molecule has 0 aromatic rings. The minimum Gasteiger partial charge on any atom is -0.480 e. The second kappa shape index (κ2) is 11.2. The van der Waals surface area contributed by atoms with Crippen molar-refractivity contribution in [2.24, 2.45) is 11.7 Å². The maximum absolute atomic E-state index is 12.5. The largest absolute Gasteiger partial charge is 0.480 e. The predicted molar refractivity (Wildman–Crippen MR) is 98.8 cm³/mol. The van der Waals surface area contributed by atoms with Gasteiger partial charge in [0, 0.05) is 0 Å². The van der Waals surface area contributed by atoms with Gasteiger partial charge in [-0.1, -0.05) is 20.3 Å². The van der Waals surface area contributed by atoms with Gasteiger partial charge >= 0.3 is 5.97 Å². The molecule has 0 aliphatic carbocycles. The van der Waals surface area contributed by atoms with Crippen LogP contribution in [0.2, 0.25) is 0 Å². The number of primary amides is 1. The minimum atomic E-state index is -1.47. The van der Waals surface area contributed by atoms with Gasteiger partial charge in [0.05, 0.1) is 19.0 Å². The molecule has 1 fully saturated rings. The number of carbonyl (C=O) groups excluding carboxylic acids is 4. The van der Waals surface area contributed by atoms with E-state index in [1.807, 2.05) is 6.92 Å². The van der Waals surface area contributed by atoms with Gasteiger partial charge < -0.3 is 32.1 Å². The molecule has 4 amide bonds. The molecule has 28 heavy (non-hydrogen) atoms. The Hall–Kier alpha value is -2.69. The first kappa shape index (κ1) is 23.3. The third kappa shape index (κ3) is 7.51. The van der Waals surface area contributed by atoms with E-state index in [1.165, 1.54) is 0 Å². The summed E-state index contributed by atoms with van der Waals surface area (Å²) in [4.78, 5) is 58.6. The van der Waals surface area contributed by atoms with Crippen molar-refractivity contribution in [2.75, 3.05) is 13.1 Å². The maximum Gasteiger partial charge on any atom is 0.326 e. The first-order chi connectivity index (χ1) is 13.1. The van der Waals surface area contributed by atoms with Gasteiger partial charge in [-0.3, -0.25) is 19.2 Å². The van der Waals surface area contributed by atoms with Crippen LogP contribution in [0.25, 0.3) is 0 Å². The monoisotopic (exact) mass is 399 g/mol. The van der Waals surface area contributed by atoms with Crippen LogP contribution in [-0.4, -0.2) is 65.9 Å². The van der Waals surface area contributed by atoms with E-state index in [4.69, 9.17) is 10.8 Å². The van der Waals surface area contributed by atoms with E-state index in [-0.39, 0.29) is 17.9 Å². The van der Waals surface area contributed by atoms with E-state index < -0.39 is 48.7 Å². The van der Waals surface area contributed by atoms with Crippen LogP contribution >= 0.6 is 0 Å². The van der Waals surface area contributed by atoms with Crippen LogP contribution in [-0.2, 0) is 24.0 Å². The van der Waals surface area contributed by atoms with E-state index in [9.17, 15) is 24.0 Å². The van der Waals surface area contributed by atoms with E-state index in [0.29, 0.717) is 12.8 Å². The van der Waals surface area contributed by atoms with Gasteiger partial charge in [-0.25, -0.2) is 4.79 Å². The number of carboxylic acid groups (broad SMARTS) is 1. The van der Waals surface area contributed by atoms with Crippen LogP contribution < -0.4 is 27.0 Å². The number of carboxylic acids is 1. The van der Waals surface area contributed by atoms with Crippen LogP contribution in [0.1, 0.15) is 39.5 Å². The smallest absolute Gasteiger partial charge is 0.326 e. The highest BCUT2D eigenvalue weighted by molar-refractivity contribution is 5.93. The molecule has 4 unspecified atom stereocenters. The molecular formula is C17H29N5O6. The molecule has 0 saturated carbocycles. The maximum atomic E-state index is 12.5. The Morgan fingerprint density at radius 1 is 1.21 bits per heavy atom. The Morgan fingerprint density at radius 3 is 2.39 bits per heavy atom. The predicted octanol–water partition coefficient (Wildman–Crippen LogP) is -2.17. The lowest BCUT2D eigenvalue weighted by Gasteiger charge is -2.25. The number of carbonyl (C=O) groups is 5. The van der Waals surface area contributed by atoms with E-state index in [1.54, 1.807) is 6.92 Å². The van der Waals surface area contributed by atoms with Crippen molar-refractivity contribution in [2.45, 2.75) is 57.7 Å². The zero-order valence-corrected chi connectivity index (χ0v) is 16.1. The highest BCUT2D eigenvalue weighted by atomic mass is 16.4. The summed E-state index contributed by atoms with van der Waals surface area (Å²) in [5.74, 6) is -4.06. The molecular weight excluding hydrogens is 370 g/mol. The number of aliphatic carboxylic acids is 1. The summed E-state index contributed by atoms with van der Waals surface area (Å²) in [6.45, 7) is 3.93. The summed E-state index contributed by atoms with van der Waals surface area (Å²) in [6.07, 6.45) is 1.64. The van der Waals surface area contributed by atoms with Crippen LogP contribution in [0.3, 0.4) is 0 Å². The summed E-state index contributed by atoms with van der Waals surface area (Å²) in [7, 11) is 0. The number of amides is 4. The van der Waals surface area contributed by atoms with Crippen molar-refractivity contribution in [3.63, 3.8) is 0 Å². The van der Waals surface area contributed by atoms with Crippen molar-refractivity contribution < 1.29 is 29.1 Å². The van der Waals surface area contributed by atoms with Crippen molar-refractivity contribution in [3.8, 4) is 0 Å². The lowest BCUT2D eigenvalue weighted by Crippen LogP contribution is -2.55. The molecule has 1 saturated heterocycles. The Bertz CT molecular complexity index is 605. The lowest BCUT2D eigenvalue weighted by atomic mass is 9.97. The number of rotatable bonds is 11. The van der Waals surface area contributed by atoms with Crippen LogP contribution in [0.4, 0.5) is 0 Å². The average Bonchev–Trinajstić information content (AvgIpc) is 3.17. The van der Waals surface area contributed by atoms with Crippen LogP contribution in [0, 0.1) is 5.92 Å². The third-order valence-corrected chi connectivity index (χ3v) is 4.63. The van der Waals surface area contributed by atoms with E-state index >= 15 is 0 Å². The van der Waals surface area contributed by atoms with Gasteiger partial charge in [0.2, 0.25) is 23.6 Å². The highest BCUT2D eigenvalue weighted by Crippen LogP contribution is 2.10. The van der Waals surface area contributed by atoms with Gasteiger partial charge in [-0.15, -0.1) is 0 Å². The standard InChI is InChI=1S/C17H29N5O6/c1-3-9(2)14(22-15(25)10-5-4-6-19-10)16(26)20-8-13(24)21-11(17(27)28)7-12(18)23/h9-11,14,19H,3-8H2,1-2H3,(H2,18,23)(H,20,26)(H,21,24)(H,22,25)(H,27,28). The molecule has 1 rings (SSSR count). The molecule has 1 aliphatic heterocycles. The van der Waals surface area contributed by atoms with Crippen molar-refractivity contribution in [1.29, 1.82) is 0 Å². The molecule has 7 N–H and O–H groups in total. The molecule has 158 valence electrons. The van der Waals surface area contributed by atoms with Gasteiger partial charge in [0.15, 0.2) is 0 Å². The molecule has 11 nitrogen and oxygen atoms in total. The molecule has 1 aliphatic rings. The Kier molecular flexibility index (Phi) is 9.36. The fourth-order valence-electron chi connectivity index (χ4n) is 2.79. The van der Waals surface area contributed by atoms with Gasteiger partial charge in [0.1, 0.15) is 12.1 Å². The Labute approximate surface area is 163 Å². The second-order valence-electron chi connectivity index (χ2n) is 6.87. The van der Waals surface area contributed by atoms with E-state index in [2.05, 4.69) is 21.3 Å². The molecule has 1 heterocycles. The zero-order valence-electron chi connectivity index (χ0n) is 16.1. The fourth-order valence-corrected chi connectivity index (χ4v) is 2.79. The summed E-state index contributed by atoms with van der Waals surface area (Å²) in [5, 5.41) is 19.3. The normalized spacial score (nSPS) is 19.1.